The lowest BCUT2D eigenvalue weighted by Gasteiger charge is -2.30. The van der Waals surface area contributed by atoms with Crippen molar-refractivity contribution in [3.05, 3.63) is 125 Å². The standard InChI is InChI=1S/C31H26FNO3/c1-3-35-24-18-14-22(15-19-24)31-26(20-33-27-9-5-7-11-29(27)34-2)30(21-12-16-23(32)17-13-21)25-8-4-6-10-28(25)36-31/h4-20,30H,3H2,1-2H3. The molecule has 0 aliphatic carbocycles. The summed E-state index contributed by atoms with van der Waals surface area (Å²) in [5, 5.41) is 0. The van der Waals surface area contributed by atoms with Gasteiger partial charge in [-0.3, -0.25) is 4.99 Å². The number of rotatable bonds is 7. The first kappa shape index (κ1) is 23.4. The van der Waals surface area contributed by atoms with Gasteiger partial charge in [-0.1, -0.05) is 42.5 Å². The van der Waals surface area contributed by atoms with E-state index in [4.69, 9.17) is 19.2 Å². The van der Waals surface area contributed by atoms with Crippen LogP contribution in [0.2, 0.25) is 0 Å². The van der Waals surface area contributed by atoms with Gasteiger partial charge in [-0.15, -0.1) is 0 Å². The van der Waals surface area contributed by atoms with Crippen molar-refractivity contribution in [3.8, 4) is 17.2 Å². The number of nitrogens with zero attached hydrogens (tertiary/aromatic N) is 1. The molecule has 1 heterocycles. The number of aliphatic imine (C=N–C) groups is 1. The highest BCUT2D eigenvalue weighted by molar-refractivity contribution is 5.95. The van der Waals surface area contributed by atoms with Crippen LogP contribution in [0, 0.1) is 5.82 Å². The third-order valence-corrected chi connectivity index (χ3v) is 6.07. The van der Waals surface area contributed by atoms with Crippen LogP contribution in [0.4, 0.5) is 10.1 Å². The van der Waals surface area contributed by atoms with Crippen molar-refractivity contribution in [2.75, 3.05) is 13.7 Å². The van der Waals surface area contributed by atoms with Gasteiger partial charge < -0.3 is 14.2 Å². The number of fused-ring (bicyclic) bond motifs is 1. The number of methoxy groups -OCH3 is 1. The summed E-state index contributed by atoms with van der Waals surface area (Å²) in [7, 11) is 1.63. The minimum Gasteiger partial charge on any atom is -0.494 e. The molecular formula is C31H26FNO3. The Morgan fingerprint density at radius 1 is 0.889 bits per heavy atom. The molecular weight excluding hydrogens is 453 g/mol. The molecule has 1 aliphatic heterocycles. The summed E-state index contributed by atoms with van der Waals surface area (Å²) in [6.45, 7) is 2.55. The molecule has 0 amide bonds. The zero-order valence-corrected chi connectivity index (χ0v) is 20.1. The first-order valence-electron chi connectivity index (χ1n) is 11.8. The van der Waals surface area contributed by atoms with Crippen molar-refractivity contribution in [1.29, 1.82) is 0 Å². The lowest BCUT2D eigenvalue weighted by atomic mass is 9.81. The van der Waals surface area contributed by atoms with Crippen LogP contribution in [0.25, 0.3) is 5.76 Å². The second-order valence-electron chi connectivity index (χ2n) is 8.30. The Kier molecular flexibility index (Phi) is 6.80. The molecule has 4 nitrogen and oxygen atoms in total. The highest BCUT2D eigenvalue weighted by Gasteiger charge is 2.31. The average Bonchev–Trinajstić information content (AvgIpc) is 2.92. The van der Waals surface area contributed by atoms with Crippen LogP contribution < -0.4 is 14.2 Å². The van der Waals surface area contributed by atoms with E-state index in [9.17, 15) is 4.39 Å². The number of ether oxygens (including phenoxy) is 3. The molecule has 0 N–H and O–H groups in total. The summed E-state index contributed by atoms with van der Waals surface area (Å²) in [6, 6.07) is 29.9. The minimum atomic E-state index is -0.279. The number of benzene rings is 4. The Morgan fingerprint density at radius 3 is 2.36 bits per heavy atom. The van der Waals surface area contributed by atoms with Gasteiger partial charge in [0.2, 0.25) is 0 Å². The van der Waals surface area contributed by atoms with E-state index in [1.807, 2.05) is 98.1 Å². The zero-order valence-electron chi connectivity index (χ0n) is 20.1. The van der Waals surface area contributed by atoms with Gasteiger partial charge in [-0.25, -0.2) is 4.39 Å². The molecule has 36 heavy (non-hydrogen) atoms. The summed E-state index contributed by atoms with van der Waals surface area (Å²) in [5.41, 5.74) is 4.38. The maximum Gasteiger partial charge on any atom is 0.144 e. The van der Waals surface area contributed by atoms with Gasteiger partial charge in [0.05, 0.1) is 13.7 Å². The van der Waals surface area contributed by atoms with Gasteiger partial charge >= 0.3 is 0 Å². The van der Waals surface area contributed by atoms with Crippen LogP contribution >= 0.6 is 0 Å². The normalized spacial score (nSPS) is 14.9. The van der Waals surface area contributed by atoms with Crippen LogP contribution in [0.5, 0.6) is 17.2 Å². The average molecular weight is 480 g/mol. The first-order valence-corrected chi connectivity index (χ1v) is 11.8. The summed E-state index contributed by atoms with van der Waals surface area (Å²) < 4.78 is 31.5. The minimum absolute atomic E-state index is 0.212. The smallest absolute Gasteiger partial charge is 0.144 e. The molecule has 0 saturated heterocycles. The molecule has 1 atom stereocenters. The van der Waals surface area contributed by atoms with Gasteiger partial charge in [0, 0.05) is 28.8 Å². The molecule has 0 aromatic heterocycles. The molecule has 0 saturated carbocycles. The van der Waals surface area contributed by atoms with Crippen LogP contribution in [0.3, 0.4) is 0 Å². The second-order valence-corrected chi connectivity index (χ2v) is 8.30. The molecule has 0 spiro atoms. The number of para-hydroxylation sites is 3. The predicted octanol–water partition coefficient (Wildman–Crippen LogP) is 7.57. The maximum atomic E-state index is 13.9. The second kappa shape index (κ2) is 10.5. The van der Waals surface area contributed by atoms with E-state index >= 15 is 0 Å². The molecule has 180 valence electrons. The number of halogens is 1. The van der Waals surface area contributed by atoms with Gasteiger partial charge in [-0.05, 0) is 67.1 Å². The summed E-state index contributed by atoms with van der Waals surface area (Å²) in [6.07, 6.45) is 1.83. The Morgan fingerprint density at radius 2 is 1.61 bits per heavy atom. The van der Waals surface area contributed by atoms with Crippen molar-refractivity contribution >= 4 is 17.7 Å². The fraction of sp³-hybridized carbons (Fsp3) is 0.129. The Bertz CT molecular complexity index is 1410. The van der Waals surface area contributed by atoms with Gasteiger partial charge in [-0.2, -0.15) is 0 Å². The molecule has 0 radical (unpaired) electrons. The summed E-state index contributed by atoms with van der Waals surface area (Å²) >= 11 is 0. The fourth-order valence-electron chi connectivity index (χ4n) is 4.40. The lowest BCUT2D eigenvalue weighted by molar-refractivity contribution is 0.340. The van der Waals surface area contributed by atoms with Crippen molar-refractivity contribution in [2.24, 2.45) is 4.99 Å². The zero-order chi connectivity index (χ0) is 24.9. The van der Waals surface area contributed by atoms with Crippen molar-refractivity contribution in [2.45, 2.75) is 12.8 Å². The quantitative estimate of drug-likeness (QED) is 0.257. The van der Waals surface area contributed by atoms with Crippen molar-refractivity contribution in [1.82, 2.24) is 0 Å². The molecule has 0 bridgehead atoms. The molecule has 0 fully saturated rings. The van der Waals surface area contributed by atoms with Crippen LogP contribution in [0.1, 0.15) is 29.5 Å². The predicted molar refractivity (Wildman–Crippen MR) is 141 cm³/mol. The van der Waals surface area contributed by atoms with E-state index < -0.39 is 0 Å². The molecule has 1 unspecified atom stereocenters. The van der Waals surface area contributed by atoms with Crippen LogP contribution in [-0.4, -0.2) is 19.9 Å². The fourth-order valence-corrected chi connectivity index (χ4v) is 4.40. The largest absolute Gasteiger partial charge is 0.494 e. The summed E-state index contributed by atoms with van der Waals surface area (Å²) in [4.78, 5) is 4.80. The van der Waals surface area contributed by atoms with E-state index in [0.29, 0.717) is 23.8 Å². The SMILES string of the molecule is CCOc1ccc(C2=C(C=Nc3ccccc3OC)C(c3ccc(F)cc3)c3ccccc3O2)cc1. The Balaban J connectivity index is 1.71. The van der Waals surface area contributed by atoms with Gasteiger partial charge in [0.25, 0.3) is 0 Å². The first-order chi connectivity index (χ1) is 17.7. The monoisotopic (exact) mass is 479 g/mol. The molecule has 4 aromatic rings. The highest BCUT2D eigenvalue weighted by atomic mass is 19.1. The highest BCUT2D eigenvalue weighted by Crippen LogP contribution is 2.45. The van der Waals surface area contributed by atoms with E-state index in [1.54, 1.807) is 7.11 Å². The van der Waals surface area contributed by atoms with E-state index in [-0.39, 0.29) is 11.7 Å². The van der Waals surface area contributed by atoms with Gasteiger partial charge in [0.1, 0.15) is 34.5 Å². The Labute approximate surface area is 210 Å². The topological polar surface area (TPSA) is 40.0 Å². The molecule has 5 rings (SSSR count). The number of hydrogen-bond donors (Lipinski definition) is 0. The molecule has 5 heteroatoms. The Hall–Kier alpha value is -4.38. The van der Waals surface area contributed by atoms with E-state index in [1.165, 1.54) is 12.1 Å². The molecule has 4 aromatic carbocycles. The third kappa shape index (κ3) is 4.73. The van der Waals surface area contributed by atoms with Gasteiger partial charge in [0.15, 0.2) is 0 Å². The van der Waals surface area contributed by atoms with E-state index in [0.717, 1.165) is 33.8 Å². The molecule has 1 aliphatic rings. The summed E-state index contributed by atoms with van der Waals surface area (Å²) in [5.74, 6) is 2.41. The number of hydrogen-bond acceptors (Lipinski definition) is 4. The van der Waals surface area contributed by atoms with Crippen LogP contribution in [0.15, 0.2) is 108 Å². The number of allylic oxidation sites excluding steroid dienone is 1. The third-order valence-electron chi connectivity index (χ3n) is 6.07. The maximum absolute atomic E-state index is 13.9. The lowest BCUT2D eigenvalue weighted by Crippen LogP contribution is -2.17. The van der Waals surface area contributed by atoms with Crippen molar-refractivity contribution in [3.63, 3.8) is 0 Å². The van der Waals surface area contributed by atoms with E-state index in [2.05, 4.69) is 0 Å². The van der Waals surface area contributed by atoms with Crippen LogP contribution in [-0.2, 0) is 0 Å². The van der Waals surface area contributed by atoms with Crippen molar-refractivity contribution < 1.29 is 18.6 Å².